The van der Waals surface area contributed by atoms with E-state index in [9.17, 15) is 18.5 Å². The van der Waals surface area contributed by atoms with Crippen molar-refractivity contribution in [2.24, 2.45) is 0 Å². The highest BCUT2D eigenvalue weighted by molar-refractivity contribution is 7.92. The van der Waals surface area contributed by atoms with Crippen molar-refractivity contribution in [1.82, 2.24) is 0 Å². The molecule has 0 aliphatic carbocycles. The fraction of sp³-hybridized carbons (Fsp3) is 0.0526. The zero-order valence-electron chi connectivity index (χ0n) is 13.9. The highest BCUT2D eigenvalue weighted by Crippen LogP contribution is 2.26. The van der Waals surface area contributed by atoms with Crippen LogP contribution >= 0.6 is 0 Å². The van der Waals surface area contributed by atoms with E-state index in [1.807, 2.05) is 42.5 Å². The predicted molar refractivity (Wildman–Crippen MR) is 101 cm³/mol. The number of benzene rings is 3. The highest BCUT2D eigenvalue weighted by Gasteiger charge is 2.20. The third kappa shape index (κ3) is 3.73. The second-order valence-corrected chi connectivity index (χ2v) is 7.41. The van der Waals surface area contributed by atoms with Crippen LogP contribution in [0.5, 0.6) is 0 Å². The number of rotatable bonds is 5. The third-order valence-electron chi connectivity index (χ3n) is 3.92. The summed E-state index contributed by atoms with van der Waals surface area (Å²) in [5, 5.41) is 10.9. The first kappa shape index (κ1) is 17.6. The van der Waals surface area contributed by atoms with Gasteiger partial charge in [0.2, 0.25) is 0 Å². The van der Waals surface area contributed by atoms with Crippen molar-refractivity contribution in [3.63, 3.8) is 0 Å². The van der Waals surface area contributed by atoms with E-state index in [4.69, 9.17) is 0 Å². The van der Waals surface area contributed by atoms with Crippen LogP contribution < -0.4 is 4.72 Å². The summed E-state index contributed by atoms with van der Waals surface area (Å²) in [7, 11) is -3.93. The van der Waals surface area contributed by atoms with E-state index in [0.29, 0.717) is 11.3 Å². The molecule has 0 fully saturated rings. The zero-order chi connectivity index (χ0) is 18.7. The minimum Gasteiger partial charge on any atom is -0.280 e. The number of nitro groups is 1. The fourth-order valence-corrected chi connectivity index (χ4v) is 3.89. The van der Waals surface area contributed by atoms with E-state index in [1.54, 1.807) is 19.1 Å². The van der Waals surface area contributed by atoms with Gasteiger partial charge in [0.25, 0.3) is 15.7 Å². The summed E-state index contributed by atoms with van der Waals surface area (Å²) in [6, 6.07) is 20.4. The minimum atomic E-state index is -3.93. The molecule has 0 amide bonds. The molecule has 0 saturated carbocycles. The lowest BCUT2D eigenvalue weighted by Crippen LogP contribution is -2.14. The first-order valence-corrected chi connectivity index (χ1v) is 9.28. The van der Waals surface area contributed by atoms with Gasteiger partial charge in [0.05, 0.1) is 9.82 Å². The standard InChI is InChI=1S/C19H16N2O4S/c1-14-7-12-18(21(22)23)13-19(14)26(24,25)20-17-10-8-16(9-11-17)15-5-3-2-4-6-15/h2-13,20H,1H3. The number of nitrogens with zero attached hydrogens (tertiary/aromatic N) is 1. The van der Waals surface area contributed by atoms with Gasteiger partial charge in [-0.05, 0) is 35.7 Å². The van der Waals surface area contributed by atoms with Crippen LogP contribution in [-0.2, 0) is 10.0 Å². The summed E-state index contributed by atoms with van der Waals surface area (Å²) in [5.41, 5.74) is 2.53. The molecule has 0 saturated heterocycles. The number of non-ortho nitro benzene ring substituents is 1. The maximum absolute atomic E-state index is 12.6. The molecule has 0 aliphatic rings. The number of nitrogens with one attached hydrogen (secondary N) is 1. The van der Waals surface area contributed by atoms with Crippen molar-refractivity contribution in [3.05, 3.63) is 88.5 Å². The van der Waals surface area contributed by atoms with E-state index in [1.165, 1.54) is 12.1 Å². The molecule has 0 spiro atoms. The number of sulfonamides is 1. The molecule has 3 rings (SSSR count). The lowest BCUT2D eigenvalue weighted by Gasteiger charge is -2.11. The van der Waals surface area contributed by atoms with Crippen molar-refractivity contribution in [2.45, 2.75) is 11.8 Å². The first-order chi connectivity index (χ1) is 12.4. The molecule has 0 aliphatic heterocycles. The van der Waals surface area contributed by atoms with Crippen molar-refractivity contribution < 1.29 is 13.3 Å². The normalized spacial score (nSPS) is 11.1. The molecular formula is C19H16N2O4S. The van der Waals surface area contributed by atoms with Gasteiger partial charge >= 0.3 is 0 Å². The summed E-state index contributed by atoms with van der Waals surface area (Å²) in [6.07, 6.45) is 0. The van der Waals surface area contributed by atoms with E-state index < -0.39 is 14.9 Å². The Morgan fingerprint density at radius 1 is 0.885 bits per heavy atom. The minimum absolute atomic E-state index is 0.112. The molecule has 3 aromatic rings. The summed E-state index contributed by atoms with van der Waals surface area (Å²) >= 11 is 0. The highest BCUT2D eigenvalue weighted by atomic mass is 32.2. The largest absolute Gasteiger partial charge is 0.280 e. The average Bonchev–Trinajstić information content (AvgIpc) is 2.63. The molecule has 7 heteroatoms. The number of hydrogen-bond donors (Lipinski definition) is 1. The molecule has 6 nitrogen and oxygen atoms in total. The van der Waals surface area contributed by atoms with Crippen LogP contribution in [0, 0.1) is 17.0 Å². The Morgan fingerprint density at radius 2 is 1.50 bits per heavy atom. The van der Waals surface area contributed by atoms with Crippen LogP contribution in [0.4, 0.5) is 11.4 Å². The van der Waals surface area contributed by atoms with Crippen molar-refractivity contribution in [3.8, 4) is 11.1 Å². The van der Waals surface area contributed by atoms with Crippen LogP contribution in [0.25, 0.3) is 11.1 Å². The molecule has 132 valence electrons. The summed E-state index contributed by atoms with van der Waals surface area (Å²) in [5.74, 6) is 0. The molecule has 0 aromatic heterocycles. The molecule has 0 radical (unpaired) electrons. The Balaban J connectivity index is 1.88. The zero-order valence-corrected chi connectivity index (χ0v) is 14.7. The van der Waals surface area contributed by atoms with Crippen LogP contribution in [0.15, 0.2) is 77.7 Å². The van der Waals surface area contributed by atoms with Gasteiger partial charge in [0.15, 0.2) is 0 Å². The number of nitro benzene ring substituents is 1. The monoisotopic (exact) mass is 368 g/mol. The van der Waals surface area contributed by atoms with Gasteiger partial charge in [0, 0.05) is 17.8 Å². The van der Waals surface area contributed by atoms with Gasteiger partial charge in [0.1, 0.15) is 0 Å². The van der Waals surface area contributed by atoms with Crippen LogP contribution in [0.1, 0.15) is 5.56 Å². The molecule has 3 aromatic carbocycles. The molecule has 0 heterocycles. The van der Waals surface area contributed by atoms with E-state index in [2.05, 4.69) is 4.72 Å². The Bertz CT molecular complexity index is 1050. The Hall–Kier alpha value is -3.19. The van der Waals surface area contributed by atoms with Gasteiger partial charge in [-0.1, -0.05) is 48.5 Å². The second kappa shape index (κ2) is 6.97. The van der Waals surface area contributed by atoms with E-state index in [0.717, 1.165) is 17.2 Å². The van der Waals surface area contributed by atoms with Crippen molar-refractivity contribution in [1.29, 1.82) is 0 Å². The average molecular weight is 368 g/mol. The summed E-state index contributed by atoms with van der Waals surface area (Å²) in [6.45, 7) is 1.59. The SMILES string of the molecule is Cc1ccc([N+](=O)[O-])cc1S(=O)(=O)Nc1ccc(-c2ccccc2)cc1. The quantitative estimate of drug-likeness (QED) is 0.535. The summed E-state index contributed by atoms with van der Waals surface area (Å²) in [4.78, 5) is 10.2. The Kier molecular flexibility index (Phi) is 4.73. The first-order valence-electron chi connectivity index (χ1n) is 7.80. The fourth-order valence-electron chi connectivity index (χ4n) is 2.56. The maximum atomic E-state index is 12.6. The third-order valence-corrected chi connectivity index (χ3v) is 5.44. The van der Waals surface area contributed by atoms with E-state index >= 15 is 0 Å². The molecule has 1 N–H and O–H groups in total. The van der Waals surface area contributed by atoms with Crippen molar-refractivity contribution in [2.75, 3.05) is 4.72 Å². The number of anilines is 1. The molecular weight excluding hydrogens is 352 g/mol. The smallest absolute Gasteiger partial charge is 0.270 e. The van der Waals surface area contributed by atoms with Crippen LogP contribution in [0.2, 0.25) is 0 Å². The lowest BCUT2D eigenvalue weighted by atomic mass is 10.1. The molecule has 0 atom stereocenters. The molecule has 0 bridgehead atoms. The van der Waals surface area contributed by atoms with Crippen LogP contribution in [0.3, 0.4) is 0 Å². The predicted octanol–water partition coefficient (Wildman–Crippen LogP) is 4.37. The van der Waals surface area contributed by atoms with Crippen LogP contribution in [-0.4, -0.2) is 13.3 Å². The van der Waals surface area contributed by atoms with Gasteiger partial charge in [-0.2, -0.15) is 0 Å². The maximum Gasteiger partial charge on any atom is 0.270 e. The Morgan fingerprint density at radius 3 is 2.12 bits per heavy atom. The Labute approximate surface area is 151 Å². The van der Waals surface area contributed by atoms with E-state index in [-0.39, 0.29) is 10.6 Å². The number of aryl methyl sites for hydroxylation is 1. The molecule has 0 unspecified atom stereocenters. The lowest BCUT2D eigenvalue weighted by molar-refractivity contribution is -0.385. The summed E-state index contributed by atoms with van der Waals surface area (Å²) < 4.78 is 27.7. The topological polar surface area (TPSA) is 89.3 Å². The van der Waals surface area contributed by atoms with Gasteiger partial charge in [-0.25, -0.2) is 8.42 Å². The van der Waals surface area contributed by atoms with Gasteiger partial charge in [-0.15, -0.1) is 0 Å². The van der Waals surface area contributed by atoms with Gasteiger partial charge < -0.3 is 0 Å². The molecule has 26 heavy (non-hydrogen) atoms. The van der Waals surface area contributed by atoms with Crippen molar-refractivity contribution >= 4 is 21.4 Å². The van der Waals surface area contributed by atoms with Gasteiger partial charge in [-0.3, -0.25) is 14.8 Å². The second-order valence-electron chi connectivity index (χ2n) is 5.76. The number of hydrogen-bond acceptors (Lipinski definition) is 4.